The van der Waals surface area contributed by atoms with Gasteiger partial charge in [-0.1, -0.05) is 103 Å². The Morgan fingerprint density at radius 3 is 1.74 bits per heavy atom. The zero-order valence-corrected chi connectivity index (χ0v) is 18.7. The first kappa shape index (κ1) is 22.8. The summed E-state index contributed by atoms with van der Waals surface area (Å²) in [6.45, 7) is 0.356. The van der Waals surface area contributed by atoms with Gasteiger partial charge in [-0.2, -0.15) is 0 Å². The fourth-order valence-corrected chi connectivity index (χ4v) is 3.94. The molecule has 0 heterocycles. The van der Waals surface area contributed by atoms with Crippen LogP contribution in [0.15, 0.2) is 115 Å². The summed E-state index contributed by atoms with van der Waals surface area (Å²) in [4.78, 5) is 27.0. The molecule has 2 amide bonds. The van der Waals surface area contributed by atoms with Gasteiger partial charge in [0.2, 0.25) is 11.8 Å². The summed E-state index contributed by atoms with van der Waals surface area (Å²) in [5.74, 6) is -1.13. The van der Waals surface area contributed by atoms with Crippen LogP contribution in [-0.2, 0) is 16.1 Å². The molecule has 4 aromatic carbocycles. The lowest BCUT2D eigenvalue weighted by Gasteiger charge is -2.24. The Morgan fingerprint density at radius 1 is 0.647 bits per heavy atom. The van der Waals surface area contributed by atoms with E-state index in [2.05, 4.69) is 10.6 Å². The van der Waals surface area contributed by atoms with Gasteiger partial charge in [0, 0.05) is 12.2 Å². The molecule has 5 nitrogen and oxygen atoms in total. The Balaban J connectivity index is 1.62. The molecule has 1 unspecified atom stereocenters. The molecule has 0 aliphatic carbocycles. The predicted molar refractivity (Wildman–Crippen MR) is 135 cm³/mol. The normalized spacial score (nSPS) is 11.6. The molecule has 0 fully saturated rings. The summed E-state index contributed by atoms with van der Waals surface area (Å²) in [6.07, 6.45) is 0. The molecule has 4 N–H and O–H groups in total. The highest BCUT2D eigenvalue weighted by molar-refractivity contribution is 5.93. The molecule has 4 rings (SSSR count). The van der Waals surface area contributed by atoms with Crippen LogP contribution in [0, 0.1) is 0 Å². The quantitative estimate of drug-likeness (QED) is 0.345. The minimum absolute atomic E-state index is 0.264. The lowest BCUT2D eigenvalue weighted by molar-refractivity contribution is -0.129. The minimum Gasteiger partial charge on any atom is -0.399 e. The number of benzene rings is 4. The van der Waals surface area contributed by atoms with Gasteiger partial charge in [-0.05, 0) is 34.4 Å². The molecular formula is C29H27N3O2. The number of carbonyl (C=O) groups is 2. The number of carbonyl (C=O) groups excluding carboxylic acids is 2. The number of hydrogen-bond acceptors (Lipinski definition) is 3. The van der Waals surface area contributed by atoms with Gasteiger partial charge in [0.15, 0.2) is 0 Å². The second kappa shape index (κ2) is 11.0. The third-order valence-corrected chi connectivity index (χ3v) is 5.63. The van der Waals surface area contributed by atoms with Crippen LogP contribution in [0.2, 0.25) is 0 Å². The van der Waals surface area contributed by atoms with Gasteiger partial charge in [-0.15, -0.1) is 0 Å². The topological polar surface area (TPSA) is 84.2 Å². The number of nitrogens with two attached hydrogens (primary N) is 1. The molecule has 0 bridgehead atoms. The second-order valence-corrected chi connectivity index (χ2v) is 8.07. The van der Waals surface area contributed by atoms with Crippen LogP contribution in [0.4, 0.5) is 5.69 Å². The number of nitrogen functional groups attached to an aromatic ring is 1. The second-order valence-electron chi connectivity index (χ2n) is 8.07. The number of hydrogen-bond donors (Lipinski definition) is 3. The molecule has 170 valence electrons. The first-order chi connectivity index (χ1) is 16.6. The number of amides is 2. The molecular weight excluding hydrogens is 422 g/mol. The van der Waals surface area contributed by atoms with Crippen molar-refractivity contribution in [1.29, 1.82) is 0 Å². The highest BCUT2D eigenvalue weighted by atomic mass is 16.2. The zero-order valence-electron chi connectivity index (χ0n) is 18.7. The first-order valence-corrected chi connectivity index (χ1v) is 11.2. The van der Waals surface area contributed by atoms with E-state index in [1.54, 1.807) is 24.3 Å². The van der Waals surface area contributed by atoms with Gasteiger partial charge < -0.3 is 16.4 Å². The Morgan fingerprint density at radius 2 is 1.18 bits per heavy atom. The maximum Gasteiger partial charge on any atom is 0.247 e. The van der Waals surface area contributed by atoms with Crippen molar-refractivity contribution in [2.75, 3.05) is 5.73 Å². The minimum atomic E-state index is -0.894. The van der Waals surface area contributed by atoms with Gasteiger partial charge in [0.05, 0.1) is 5.92 Å². The Hall–Kier alpha value is -4.38. The first-order valence-electron chi connectivity index (χ1n) is 11.2. The molecule has 0 radical (unpaired) electrons. The van der Waals surface area contributed by atoms with E-state index in [0.717, 1.165) is 16.7 Å². The van der Waals surface area contributed by atoms with Gasteiger partial charge in [0.1, 0.15) is 6.04 Å². The van der Waals surface area contributed by atoms with E-state index in [9.17, 15) is 9.59 Å². The van der Waals surface area contributed by atoms with E-state index >= 15 is 0 Å². The molecule has 0 spiro atoms. The van der Waals surface area contributed by atoms with Crippen molar-refractivity contribution in [2.24, 2.45) is 0 Å². The molecule has 0 aliphatic rings. The van der Waals surface area contributed by atoms with Crippen molar-refractivity contribution >= 4 is 17.5 Å². The zero-order chi connectivity index (χ0) is 23.8. The van der Waals surface area contributed by atoms with E-state index < -0.39 is 12.0 Å². The molecule has 4 aromatic rings. The summed E-state index contributed by atoms with van der Waals surface area (Å²) in [6, 6.07) is 34.9. The van der Waals surface area contributed by atoms with Crippen LogP contribution in [0.1, 0.15) is 34.2 Å². The predicted octanol–water partition coefficient (Wildman–Crippen LogP) is 4.57. The summed E-state index contributed by atoms with van der Waals surface area (Å²) >= 11 is 0. The standard InChI is InChI=1S/C29H27N3O2/c30-25-18-10-17-24(19-25)27(29(34)31-20-21-11-4-1-5-12-21)32-28(33)26(22-13-6-2-7-14-22)23-15-8-3-9-16-23/h1-19,26-27H,20,30H2,(H,31,34)(H,32,33). The maximum absolute atomic E-state index is 13.7. The average molecular weight is 450 g/mol. The maximum atomic E-state index is 13.7. The van der Waals surface area contributed by atoms with Crippen LogP contribution in [0.25, 0.3) is 0 Å². The third kappa shape index (κ3) is 5.70. The number of anilines is 1. The molecule has 0 aromatic heterocycles. The molecule has 5 heteroatoms. The Labute approximate surface area is 199 Å². The van der Waals surface area contributed by atoms with Crippen LogP contribution >= 0.6 is 0 Å². The van der Waals surface area contributed by atoms with Crippen molar-refractivity contribution in [3.05, 3.63) is 138 Å². The molecule has 0 aliphatic heterocycles. The lowest BCUT2D eigenvalue weighted by Crippen LogP contribution is -2.42. The summed E-state index contributed by atoms with van der Waals surface area (Å²) in [5, 5.41) is 5.93. The highest BCUT2D eigenvalue weighted by Gasteiger charge is 2.29. The van der Waals surface area contributed by atoms with Crippen molar-refractivity contribution < 1.29 is 9.59 Å². The van der Waals surface area contributed by atoms with E-state index in [0.29, 0.717) is 17.8 Å². The number of rotatable bonds is 8. The molecule has 0 saturated carbocycles. The third-order valence-electron chi connectivity index (χ3n) is 5.63. The fraction of sp³-hybridized carbons (Fsp3) is 0.103. The van der Waals surface area contributed by atoms with E-state index in [1.165, 1.54) is 0 Å². The SMILES string of the molecule is Nc1cccc(C(NC(=O)C(c2ccccc2)c2ccccc2)C(=O)NCc2ccccc2)c1. The lowest BCUT2D eigenvalue weighted by atomic mass is 9.90. The van der Waals surface area contributed by atoms with Crippen LogP contribution in [0.3, 0.4) is 0 Å². The van der Waals surface area contributed by atoms with Crippen LogP contribution in [0.5, 0.6) is 0 Å². The Kier molecular flexibility index (Phi) is 7.35. The van der Waals surface area contributed by atoms with Crippen molar-refractivity contribution in [3.63, 3.8) is 0 Å². The van der Waals surface area contributed by atoms with Gasteiger partial charge >= 0.3 is 0 Å². The van der Waals surface area contributed by atoms with E-state index in [-0.39, 0.29) is 11.8 Å². The molecule has 1 atom stereocenters. The van der Waals surface area contributed by atoms with E-state index in [1.807, 2.05) is 91.0 Å². The van der Waals surface area contributed by atoms with Crippen molar-refractivity contribution in [1.82, 2.24) is 10.6 Å². The monoisotopic (exact) mass is 449 g/mol. The molecule has 0 saturated heterocycles. The van der Waals surface area contributed by atoms with Crippen molar-refractivity contribution in [2.45, 2.75) is 18.5 Å². The molecule has 34 heavy (non-hydrogen) atoms. The van der Waals surface area contributed by atoms with Crippen LogP contribution in [-0.4, -0.2) is 11.8 Å². The summed E-state index contributed by atoms with van der Waals surface area (Å²) in [7, 11) is 0. The Bertz CT molecular complexity index is 1190. The number of nitrogens with one attached hydrogen (secondary N) is 2. The smallest absolute Gasteiger partial charge is 0.247 e. The summed E-state index contributed by atoms with van der Waals surface area (Å²) < 4.78 is 0. The fourth-order valence-electron chi connectivity index (χ4n) is 3.94. The average Bonchev–Trinajstić information content (AvgIpc) is 2.88. The van der Waals surface area contributed by atoms with Crippen LogP contribution < -0.4 is 16.4 Å². The summed E-state index contributed by atoms with van der Waals surface area (Å²) in [5.41, 5.74) is 9.81. The highest BCUT2D eigenvalue weighted by Crippen LogP contribution is 2.26. The van der Waals surface area contributed by atoms with Gasteiger partial charge in [-0.25, -0.2) is 0 Å². The largest absolute Gasteiger partial charge is 0.399 e. The van der Waals surface area contributed by atoms with Gasteiger partial charge in [-0.3, -0.25) is 9.59 Å². The van der Waals surface area contributed by atoms with E-state index in [4.69, 9.17) is 5.73 Å². The van der Waals surface area contributed by atoms with Crippen molar-refractivity contribution in [3.8, 4) is 0 Å². The van der Waals surface area contributed by atoms with Gasteiger partial charge in [0.25, 0.3) is 0 Å².